The zero-order valence-electron chi connectivity index (χ0n) is 11.7. The van der Waals surface area contributed by atoms with Crippen molar-refractivity contribution in [3.8, 4) is 0 Å². The first kappa shape index (κ1) is 15.2. The molecule has 5 nitrogen and oxygen atoms in total. The molecule has 0 saturated carbocycles. The Morgan fingerprint density at radius 1 is 1.32 bits per heavy atom. The predicted octanol–water partition coefficient (Wildman–Crippen LogP) is 2.02. The minimum absolute atomic E-state index is 0.0978. The number of aromatic carboxylic acids is 1. The highest BCUT2D eigenvalue weighted by molar-refractivity contribution is 6.03. The van der Waals surface area contributed by atoms with Crippen LogP contribution in [0.2, 0.25) is 0 Å². The van der Waals surface area contributed by atoms with Crippen molar-refractivity contribution < 1.29 is 14.7 Å². The summed E-state index contributed by atoms with van der Waals surface area (Å²) < 4.78 is 0. The Morgan fingerprint density at radius 3 is 2.47 bits per heavy atom. The van der Waals surface area contributed by atoms with E-state index in [-0.39, 0.29) is 11.5 Å². The molecule has 0 radical (unpaired) electrons. The third-order valence-corrected chi connectivity index (χ3v) is 2.84. The normalized spacial score (nSPS) is 11.2. The van der Waals surface area contributed by atoms with Gasteiger partial charge in [0.2, 0.25) is 5.91 Å². The van der Waals surface area contributed by atoms with Crippen molar-refractivity contribution in [2.24, 2.45) is 0 Å². The highest BCUT2D eigenvalue weighted by Crippen LogP contribution is 2.19. The average Bonchev–Trinajstić information content (AvgIpc) is 2.30. The second-order valence-electron chi connectivity index (χ2n) is 4.96. The summed E-state index contributed by atoms with van der Waals surface area (Å²) in [7, 11) is 0. The van der Waals surface area contributed by atoms with Gasteiger partial charge >= 0.3 is 5.97 Å². The van der Waals surface area contributed by atoms with E-state index in [1.165, 1.54) is 6.07 Å². The second-order valence-corrected chi connectivity index (χ2v) is 4.96. The number of carboxylic acid groups (broad SMARTS) is 1. The molecule has 19 heavy (non-hydrogen) atoms. The van der Waals surface area contributed by atoms with E-state index in [0.717, 1.165) is 5.56 Å². The van der Waals surface area contributed by atoms with Gasteiger partial charge in [0.15, 0.2) is 0 Å². The fraction of sp³-hybridized carbons (Fsp3) is 0.429. The number of anilines is 1. The van der Waals surface area contributed by atoms with Crippen LogP contribution in [0.25, 0.3) is 0 Å². The van der Waals surface area contributed by atoms with Gasteiger partial charge in [0.25, 0.3) is 0 Å². The Labute approximate surface area is 113 Å². The largest absolute Gasteiger partial charge is 0.478 e. The van der Waals surface area contributed by atoms with Crippen LogP contribution in [0.3, 0.4) is 0 Å². The van der Waals surface area contributed by atoms with E-state index in [9.17, 15) is 9.59 Å². The van der Waals surface area contributed by atoms with Crippen LogP contribution < -0.4 is 10.6 Å². The van der Waals surface area contributed by atoms with E-state index in [4.69, 9.17) is 5.11 Å². The number of aryl methyl sites for hydroxylation is 1. The lowest BCUT2D eigenvalue weighted by Gasteiger charge is -2.24. The Morgan fingerprint density at radius 2 is 1.95 bits per heavy atom. The van der Waals surface area contributed by atoms with Gasteiger partial charge in [-0.1, -0.05) is 18.6 Å². The van der Waals surface area contributed by atoms with Crippen molar-refractivity contribution in [2.45, 2.75) is 33.2 Å². The maximum Gasteiger partial charge on any atom is 0.337 e. The van der Waals surface area contributed by atoms with Crippen LogP contribution in [0, 0.1) is 6.92 Å². The minimum atomic E-state index is -1.06. The van der Waals surface area contributed by atoms with E-state index >= 15 is 0 Å². The molecule has 3 N–H and O–H groups in total. The van der Waals surface area contributed by atoms with Crippen molar-refractivity contribution in [1.82, 2.24) is 5.32 Å². The summed E-state index contributed by atoms with van der Waals surface area (Å²) >= 11 is 0. The van der Waals surface area contributed by atoms with Crippen LogP contribution >= 0.6 is 0 Å². The molecule has 0 bridgehead atoms. The predicted molar refractivity (Wildman–Crippen MR) is 74.5 cm³/mol. The second kappa shape index (κ2) is 5.84. The Kier molecular flexibility index (Phi) is 4.67. The van der Waals surface area contributed by atoms with Gasteiger partial charge in [-0.05, 0) is 39.4 Å². The number of amides is 1. The number of hydrogen-bond donors (Lipinski definition) is 3. The Bertz CT molecular complexity index is 495. The maximum absolute atomic E-state index is 12.1. The third kappa shape index (κ3) is 3.79. The molecule has 1 aromatic carbocycles. The van der Waals surface area contributed by atoms with Crippen LogP contribution in [0.4, 0.5) is 5.69 Å². The van der Waals surface area contributed by atoms with Gasteiger partial charge in [-0.3, -0.25) is 4.79 Å². The molecule has 0 unspecified atom stereocenters. The molecular formula is C14H20N2O3. The highest BCUT2D eigenvalue weighted by atomic mass is 16.4. The molecule has 5 heteroatoms. The topological polar surface area (TPSA) is 78.4 Å². The molecule has 1 aromatic rings. The van der Waals surface area contributed by atoms with Gasteiger partial charge in [-0.25, -0.2) is 4.79 Å². The summed E-state index contributed by atoms with van der Waals surface area (Å²) in [6.07, 6.45) is 0. The molecule has 0 fully saturated rings. The maximum atomic E-state index is 12.1. The SMILES string of the molecule is CCNC(C)(C)C(=O)Nc1ccc(C)cc1C(=O)O. The first-order valence-corrected chi connectivity index (χ1v) is 6.18. The van der Waals surface area contributed by atoms with E-state index < -0.39 is 11.5 Å². The first-order chi connectivity index (χ1) is 8.77. The smallest absolute Gasteiger partial charge is 0.337 e. The Balaban J connectivity index is 3.00. The lowest BCUT2D eigenvalue weighted by molar-refractivity contribution is -0.121. The molecule has 0 aliphatic heterocycles. The molecule has 0 saturated heterocycles. The van der Waals surface area contributed by atoms with Gasteiger partial charge < -0.3 is 15.7 Å². The third-order valence-electron chi connectivity index (χ3n) is 2.84. The first-order valence-electron chi connectivity index (χ1n) is 6.18. The lowest BCUT2D eigenvalue weighted by atomic mass is 10.0. The lowest BCUT2D eigenvalue weighted by Crippen LogP contribution is -2.49. The van der Waals surface area contributed by atoms with Crippen molar-refractivity contribution in [3.63, 3.8) is 0 Å². The van der Waals surface area contributed by atoms with Crippen molar-refractivity contribution in [3.05, 3.63) is 29.3 Å². The number of carbonyl (C=O) groups excluding carboxylic acids is 1. The van der Waals surface area contributed by atoms with Crippen molar-refractivity contribution in [2.75, 3.05) is 11.9 Å². The monoisotopic (exact) mass is 264 g/mol. The summed E-state index contributed by atoms with van der Waals surface area (Å²) in [5.41, 5.74) is 0.492. The number of hydrogen-bond acceptors (Lipinski definition) is 3. The number of benzene rings is 1. The van der Waals surface area contributed by atoms with Crippen molar-refractivity contribution in [1.29, 1.82) is 0 Å². The van der Waals surface area contributed by atoms with E-state index in [1.54, 1.807) is 32.9 Å². The molecule has 1 amide bonds. The zero-order chi connectivity index (χ0) is 14.6. The molecular weight excluding hydrogens is 244 g/mol. The fourth-order valence-corrected chi connectivity index (χ4v) is 1.74. The molecule has 0 aromatic heterocycles. The van der Waals surface area contributed by atoms with E-state index in [2.05, 4.69) is 10.6 Å². The summed E-state index contributed by atoms with van der Waals surface area (Å²) in [5.74, 6) is -1.32. The number of nitrogens with one attached hydrogen (secondary N) is 2. The number of carboxylic acids is 1. The van der Waals surface area contributed by atoms with Crippen LogP contribution in [0.15, 0.2) is 18.2 Å². The molecule has 0 atom stereocenters. The van der Waals surface area contributed by atoms with Crippen LogP contribution in [-0.2, 0) is 4.79 Å². The highest BCUT2D eigenvalue weighted by Gasteiger charge is 2.27. The van der Waals surface area contributed by atoms with Crippen LogP contribution in [0.5, 0.6) is 0 Å². The summed E-state index contributed by atoms with van der Waals surface area (Å²) in [6.45, 7) is 7.87. The van der Waals surface area contributed by atoms with Gasteiger partial charge in [0.05, 0.1) is 16.8 Å². The van der Waals surface area contributed by atoms with Gasteiger partial charge in [0.1, 0.15) is 0 Å². The Hall–Kier alpha value is -1.88. The van der Waals surface area contributed by atoms with Gasteiger partial charge in [-0.15, -0.1) is 0 Å². The standard InChI is InChI=1S/C14H20N2O3/c1-5-15-14(3,4)13(19)16-11-7-6-9(2)8-10(11)12(17)18/h6-8,15H,5H2,1-4H3,(H,16,19)(H,17,18). The molecule has 0 spiro atoms. The quantitative estimate of drug-likeness (QED) is 0.760. The van der Waals surface area contributed by atoms with Crippen LogP contribution in [0.1, 0.15) is 36.7 Å². The number of rotatable bonds is 5. The fourth-order valence-electron chi connectivity index (χ4n) is 1.74. The average molecular weight is 264 g/mol. The summed E-state index contributed by atoms with van der Waals surface area (Å²) in [5, 5.41) is 14.8. The molecule has 0 aliphatic rings. The van der Waals surface area contributed by atoms with E-state index in [1.807, 2.05) is 6.92 Å². The van der Waals surface area contributed by atoms with Gasteiger partial charge in [-0.2, -0.15) is 0 Å². The van der Waals surface area contributed by atoms with Crippen molar-refractivity contribution >= 4 is 17.6 Å². The minimum Gasteiger partial charge on any atom is -0.478 e. The van der Waals surface area contributed by atoms with E-state index in [0.29, 0.717) is 12.2 Å². The van der Waals surface area contributed by atoms with Gasteiger partial charge in [0, 0.05) is 0 Å². The number of carbonyl (C=O) groups is 2. The number of likely N-dealkylation sites (N-methyl/N-ethyl adjacent to an activating group) is 1. The zero-order valence-corrected chi connectivity index (χ0v) is 11.7. The molecule has 0 aliphatic carbocycles. The molecule has 0 heterocycles. The molecule has 104 valence electrons. The molecule has 1 rings (SSSR count). The van der Waals surface area contributed by atoms with Crippen LogP contribution in [-0.4, -0.2) is 29.1 Å². The summed E-state index contributed by atoms with van der Waals surface area (Å²) in [4.78, 5) is 23.3. The summed E-state index contributed by atoms with van der Waals surface area (Å²) in [6, 6.07) is 4.92.